The summed E-state index contributed by atoms with van der Waals surface area (Å²) in [7, 11) is 0. The van der Waals surface area contributed by atoms with Gasteiger partial charge in [0.05, 0.1) is 5.75 Å². The Kier molecular flexibility index (Phi) is 9.94. The zero-order valence-corrected chi connectivity index (χ0v) is 20.3. The number of hydrogen-bond acceptors (Lipinski definition) is 3. The first-order valence-corrected chi connectivity index (χ1v) is 13.1. The molecule has 6 heteroatoms. The van der Waals surface area contributed by atoms with Crippen molar-refractivity contribution in [1.82, 2.24) is 10.2 Å². The standard InChI is InChI=1S/C26H33ClN2O2S/c1-2-24(26(31)28-23-11-7-4-8-12-23)29(17-20-9-5-3-6-10-20)25(30)19-32-18-21-13-15-22(27)16-14-21/h3,5-6,9-10,13-16,23-24H,2,4,7-8,11-12,17-19H2,1H3,(H,28,31). The molecule has 1 unspecified atom stereocenters. The second-order valence-corrected chi connectivity index (χ2v) is 9.82. The van der Waals surface area contributed by atoms with Gasteiger partial charge in [-0.15, -0.1) is 11.8 Å². The van der Waals surface area contributed by atoms with Crippen molar-refractivity contribution in [3.63, 3.8) is 0 Å². The topological polar surface area (TPSA) is 49.4 Å². The molecule has 4 nitrogen and oxygen atoms in total. The van der Waals surface area contributed by atoms with Gasteiger partial charge in [-0.25, -0.2) is 0 Å². The van der Waals surface area contributed by atoms with E-state index in [1.165, 1.54) is 6.42 Å². The SMILES string of the molecule is CCC(C(=O)NC1CCCCC1)N(Cc1ccccc1)C(=O)CSCc1ccc(Cl)cc1. The van der Waals surface area contributed by atoms with Crippen LogP contribution < -0.4 is 5.32 Å². The van der Waals surface area contributed by atoms with Crippen molar-refractivity contribution in [3.05, 3.63) is 70.7 Å². The van der Waals surface area contributed by atoms with Gasteiger partial charge in [0.1, 0.15) is 6.04 Å². The van der Waals surface area contributed by atoms with Crippen molar-refractivity contribution in [2.24, 2.45) is 0 Å². The summed E-state index contributed by atoms with van der Waals surface area (Å²) in [6.45, 7) is 2.43. The molecule has 0 radical (unpaired) electrons. The van der Waals surface area contributed by atoms with Crippen LogP contribution >= 0.6 is 23.4 Å². The molecule has 172 valence electrons. The number of benzene rings is 2. The zero-order valence-electron chi connectivity index (χ0n) is 18.8. The molecule has 1 aliphatic carbocycles. The first-order chi connectivity index (χ1) is 15.6. The van der Waals surface area contributed by atoms with E-state index in [2.05, 4.69) is 5.32 Å². The van der Waals surface area contributed by atoms with Crippen LogP contribution in [0, 0.1) is 0 Å². The molecule has 0 aromatic heterocycles. The molecule has 32 heavy (non-hydrogen) atoms. The van der Waals surface area contributed by atoms with Crippen molar-refractivity contribution in [1.29, 1.82) is 0 Å². The van der Waals surface area contributed by atoms with Crippen molar-refractivity contribution in [2.45, 2.75) is 69.8 Å². The van der Waals surface area contributed by atoms with Crippen LogP contribution in [0.5, 0.6) is 0 Å². The predicted molar refractivity (Wildman–Crippen MR) is 134 cm³/mol. The third kappa shape index (κ3) is 7.56. The van der Waals surface area contributed by atoms with Crippen LogP contribution in [0.25, 0.3) is 0 Å². The number of nitrogens with zero attached hydrogens (tertiary/aromatic N) is 1. The Morgan fingerprint density at radius 2 is 1.72 bits per heavy atom. The number of amides is 2. The Hall–Kier alpha value is -1.98. The number of rotatable bonds is 10. The Labute approximate surface area is 201 Å². The molecule has 1 fully saturated rings. The van der Waals surface area contributed by atoms with Gasteiger partial charge in [0.2, 0.25) is 11.8 Å². The Balaban J connectivity index is 1.66. The molecule has 0 spiro atoms. The van der Waals surface area contributed by atoms with E-state index in [0.717, 1.165) is 42.6 Å². The Morgan fingerprint density at radius 1 is 1.03 bits per heavy atom. The first kappa shape index (κ1) is 24.7. The molecule has 1 N–H and O–H groups in total. The minimum absolute atomic E-state index is 0.00143. The predicted octanol–water partition coefficient (Wildman–Crippen LogP) is 5.83. The monoisotopic (exact) mass is 472 g/mol. The smallest absolute Gasteiger partial charge is 0.243 e. The molecule has 0 bridgehead atoms. The summed E-state index contributed by atoms with van der Waals surface area (Å²) in [6.07, 6.45) is 6.23. The maximum absolute atomic E-state index is 13.3. The van der Waals surface area contributed by atoms with E-state index >= 15 is 0 Å². The number of nitrogens with one attached hydrogen (secondary N) is 1. The number of halogens is 1. The van der Waals surface area contributed by atoms with E-state index in [0.29, 0.717) is 23.7 Å². The molecule has 0 saturated heterocycles. The van der Waals surface area contributed by atoms with Gasteiger partial charge in [0.25, 0.3) is 0 Å². The molecule has 0 heterocycles. The molecular formula is C26H33ClN2O2S. The fourth-order valence-corrected chi connectivity index (χ4v) is 5.16. The first-order valence-electron chi connectivity index (χ1n) is 11.5. The summed E-state index contributed by atoms with van der Waals surface area (Å²) in [4.78, 5) is 28.2. The largest absolute Gasteiger partial charge is 0.352 e. The molecule has 2 aromatic carbocycles. The Bertz CT molecular complexity index is 854. The highest BCUT2D eigenvalue weighted by Gasteiger charge is 2.30. The summed E-state index contributed by atoms with van der Waals surface area (Å²) >= 11 is 7.53. The third-order valence-electron chi connectivity index (χ3n) is 5.94. The van der Waals surface area contributed by atoms with Gasteiger partial charge >= 0.3 is 0 Å². The molecule has 1 saturated carbocycles. The van der Waals surface area contributed by atoms with Gasteiger partial charge in [-0.05, 0) is 42.5 Å². The van der Waals surface area contributed by atoms with Gasteiger partial charge in [0, 0.05) is 23.4 Å². The van der Waals surface area contributed by atoms with Gasteiger partial charge in [-0.2, -0.15) is 0 Å². The van der Waals surface area contributed by atoms with E-state index in [1.807, 2.05) is 61.5 Å². The molecule has 1 atom stereocenters. The van der Waals surface area contributed by atoms with Crippen molar-refractivity contribution < 1.29 is 9.59 Å². The molecule has 2 aromatic rings. The summed E-state index contributed by atoms with van der Waals surface area (Å²) in [6, 6.07) is 17.4. The van der Waals surface area contributed by atoms with Crippen molar-refractivity contribution in [2.75, 3.05) is 5.75 Å². The number of thioether (sulfide) groups is 1. The molecule has 3 rings (SSSR count). The summed E-state index contributed by atoms with van der Waals surface area (Å²) in [5.74, 6) is 1.04. The lowest BCUT2D eigenvalue weighted by molar-refractivity contribution is -0.139. The number of carbonyl (C=O) groups is 2. The minimum atomic E-state index is -0.458. The normalized spacial score (nSPS) is 15.2. The van der Waals surface area contributed by atoms with Crippen LogP contribution in [-0.2, 0) is 21.9 Å². The lowest BCUT2D eigenvalue weighted by Crippen LogP contribution is -2.52. The van der Waals surface area contributed by atoms with Gasteiger partial charge in [0.15, 0.2) is 0 Å². The summed E-state index contributed by atoms with van der Waals surface area (Å²) < 4.78 is 0. The van der Waals surface area contributed by atoms with E-state index in [4.69, 9.17) is 11.6 Å². The van der Waals surface area contributed by atoms with Gasteiger partial charge < -0.3 is 10.2 Å². The molecule has 2 amide bonds. The molecule has 0 aliphatic heterocycles. The van der Waals surface area contributed by atoms with Gasteiger partial charge in [-0.3, -0.25) is 9.59 Å². The average Bonchev–Trinajstić information content (AvgIpc) is 2.81. The molecular weight excluding hydrogens is 440 g/mol. The lowest BCUT2D eigenvalue weighted by Gasteiger charge is -2.32. The highest BCUT2D eigenvalue weighted by molar-refractivity contribution is 7.99. The maximum atomic E-state index is 13.3. The van der Waals surface area contributed by atoms with Crippen molar-refractivity contribution in [3.8, 4) is 0 Å². The van der Waals surface area contributed by atoms with Crippen LogP contribution in [0.1, 0.15) is 56.6 Å². The Morgan fingerprint density at radius 3 is 2.38 bits per heavy atom. The van der Waals surface area contributed by atoms with Crippen molar-refractivity contribution >= 4 is 35.2 Å². The van der Waals surface area contributed by atoms with Crippen LogP contribution in [-0.4, -0.2) is 34.6 Å². The van der Waals surface area contributed by atoms with E-state index in [9.17, 15) is 9.59 Å². The van der Waals surface area contributed by atoms with Crippen LogP contribution in [0.4, 0.5) is 0 Å². The van der Waals surface area contributed by atoms with E-state index in [-0.39, 0.29) is 17.9 Å². The number of carbonyl (C=O) groups excluding carboxylic acids is 2. The number of hydrogen-bond donors (Lipinski definition) is 1. The van der Waals surface area contributed by atoms with Crippen LogP contribution in [0.2, 0.25) is 5.02 Å². The van der Waals surface area contributed by atoms with Crippen LogP contribution in [0.3, 0.4) is 0 Å². The van der Waals surface area contributed by atoms with Gasteiger partial charge in [-0.1, -0.05) is 80.3 Å². The maximum Gasteiger partial charge on any atom is 0.243 e. The molecule has 1 aliphatic rings. The third-order valence-corrected chi connectivity index (χ3v) is 7.18. The second-order valence-electron chi connectivity index (χ2n) is 8.39. The van der Waals surface area contributed by atoms with Crippen LogP contribution in [0.15, 0.2) is 54.6 Å². The lowest BCUT2D eigenvalue weighted by atomic mass is 9.95. The summed E-state index contributed by atoms with van der Waals surface area (Å²) in [5.41, 5.74) is 2.16. The van der Waals surface area contributed by atoms with E-state index < -0.39 is 6.04 Å². The zero-order chi connectivity index (χ0) is 22.8. The fourth-order valence-electron chi connectivity index (χ4n) is 4.16. The quantitative estimate of drug-likeness (QED) is 0.473. The highest BCUT2D eigenvalue weighted by atomic mass is 35.5. The summed E-state index contributed by atoms with van der Waals surface area (Å²) in [5, 5.41) is 3.93. The minimum Gasteiger partial charge on any atom is -0.352 e. The second kappa shape index (κ2) is 12.9. The fraction of sp³-hybridized carbons (Fsp3) is 0.462. The highest BCUT2D eigenvalue weighted by Crippen LogP contribution is 2.21. The van der Waals surface area contributed by atoms with E-state index in [1.54, 1.807) is 16.7 Å². The average molecular weight is 473 g/mol.